The Labute approximate surface area is 141 Å². The van der Waals surface area contributed by atoms with Gasteiger partial charge in [0.2, 0.25) is 0 Å². The van der Waals surface area contributed by atoms with E-state index in [1.54, 1.807) is 0 Å². The number of hydrogen-bond acceptors (Lipinski definition) is 6. The molecule has 4 rings (SSSR count). The van der Waals surface area contributed by atoms with Gasteiger partial charge in [-0.25, -0.2) is 4.98 Å². The second-order valence-electron chi connectivity index (χ2n) is 7.50. The summed E-state index contributed by atoms with van der Waals surface area (Å²) in [5.74, 6) is 1.52. The number of nitrogens with one attached hydrogen (secondary N) is 2. The molecule has 7 nitrogen and oxygen atoms in total. The molecule has 2 aliphatic heterocycles. The molecule has 0 aromatic carbocycles. The molecule has 0 spiro atoms. The number of hydrogen-bond donors (Lipinski definition) is 3. The van der Waals surface area contributed by atoms with Crippen molar-refractivity contribution in [1.29, 1.82) is 0 Å². The van der Waals surface area contributed by atoms with Gasteiger partial charge in [-0.15, -0.1) is 0 Å². The van der Waals surface area contributed by atoms with Crippen molar-refractivity contribution in [3.8, 4) is 0 Å². The lowest BCUT2D eigenvalue weighted by Crippen LogP contribution is -2.52. The van der Waals surface area contributed by atoms with E-state index in [9.17, 15) is 9.90 Å². The highest BCUT2D eigenvalue weighted by Crippen LogP contribution is 2.31. The van der Waals surface area contributed by atoms with E-state index in [-0.39, 0.29) is 5.56 Å². The summed E-state index contributed by atoms with van der Waals surface area (Å²) in [6, 6.07) is 0. The molecule has 1 saturated carbocycles. The lowest BCUT2D eigenvalue weighted by atomic mass is 10.0. The topological polar surface area (TPSA) is 90.5 Å². The Morgan fingerprint density at radius 3 is 3.12 bits per heavy atom. The number of rotatable bonds is 4. The van der Waals surface area contributed by atoms with Gasteiger partial charge in [0, 0.05) is 44.7 Å². The molecule has 24 heavy (non-hydrogen) atoms. The lowest BCUT2D eigenvalue weighted by molar-refractivity contribution is -0.0513. The van der Waals surface area contributed by atoms with Crippen LogP contribution >= 0.6 is 0 Å². The van der Waals surface area contributed by atoms with Crippen LogP contribution in [0.25, 0.3) is 0 Å². The van der Waals surface area contributed by atoms with Crippen LogP contribution < -0.4 is 10.9 Å². The molecule has 1 aliphatic carbocycles. The Balaban J connectivity index is 1.47. The van der Waals surface area contributed by atoms with Gasteiger partial charge in [-0.1, -0.05) is 0 Å². The number of fused-ring (bicyclic) bond motifs is 1. The average Bonchev–Trinajstić information content (AvgIpc) is 3.35. The molecule has 7 heteroatoms. The molecular formula is C17H26N4O3. The molecule has 1 aromatic rings. The molecule has 132 valence electrons. The number of H-pyrrole nitrogens is 1. The van der Waals surface area contributed by atoms with Gasteiger partial charge in [0.1, 0.15) is 11.4 Å². The highest BCUT2D eigenvalue weighted by atomic mass is 16.5. The molecule has 3 aliphatic rings. The second-order valence-corrected chi connectivity index (χ2v) is 7.50. The zero-order valence-corrected chi connectivity index (χ0v) is 14.0. The highest BCUT2D eigenvalue weighted by molar-refractivity contribution is 5.21. The quantitative estimate of drug-likeness (QED) is 0.683. The third-order valence-corrected chi connectivity index (χ3v) is 5.15. The lowest BCUT2D eigenvalue weighted by Gasteiger charge is -2.35. The molecule has 1 saturated heterocycles. The smallest absolute Gasteiger partial charge is 0.254 e. The number of aliphatic hydroxyl groups is 1. The minimum absolute atomic E-state index is 0.0217. The van der Waals surface area contributed by atoms with Gasteiger partial charge < -0.3 is 20.1 Å². The molecule has 0 amide bonds. The summed E-state index contributed by atoms with van der Waals surface area (Å²) in [6.45, 7) is 4.21. The SMILES string of the molecule is O=c1[nH]c(CC2CC2)nc2c1CCN(C[C@@]1(O)CNCCOC1)C2. The van der Waals surface area contributed by atoms with Crippen LogP contribution in [0.15, 0.2) is 4.79 Å². The number of aromatic nitrogens is 2. The molecular weight excluding hydrogens is 308 g/mol. The van der Waals surface area contributed by atoms with Gasteiger partial charge in [-0.05, 0) is 25.2 Å². The summed E-state index contributed by atoms with van der Waals surface area (Å²) < 4.78 is 5.50. The molecule has 3 heterocycles. The van der Waals surface area contributed by atoms with E-state index in [1.165, 1.54) is 12.8 Å². The predicted molar refractivity (Wildman–Crippen MR) is 88.9 cm³/mol. The molecule has 0 bridgehead atoms. The first-order valence-corrected chi connectivity index (χ1v) is 8.95. The van der Waals surface area contributed by atoms with Crippen molar-refractivity contribution in [3.63, 3.8) is 0 Å². The van der Waals surface area contributed by atoms with Crippen molar-refractivity contribution in [2.24, 2.45) is 5.92 Å². The van der Waals surface area contributed by atoms with Gasteiger partial charge in [0.25, 0.3) is 5.56 Å². The molecule has 1 aromatic heterocycles. The van der Waals surface area contributed by atoms with Crippen molar-refractivity contribution >= 4 is 0 Å². The summed E-state index contributed by atoms with van der Waals surface area (Å²) in [7, 11) is 0. The number of ether oxygens (including phenoxy) is 1. The molecule has 0 radical (unpaired) electrons. The predicted octanol–water partition coefficient (Wildman–Crippen LogP) is -0.569. The van der Waals surface area contributed by atoms with E-state index < -0.39 is 5.60 Å². The van der Waals surface area contributed by atoms with Crippen molar-refractivity contribution in [3.05, 3.63) is 27.4 Å². The molecule has 3 N–H and O–H groups in total. The number of β-amino-alcohol motifs (C(OH)–C–C–N with tert-alkyl or cyclic N) is 1. The van der Waals surface area contributed by atoms with Crippen LogP contribution in [0.2, 0.25) is 0 Å². The maximum Gasteiger partial charge on any atom is 0.254 e. The van der Waals surface area contributed by atoms with E-state index in [0.29, 0.717) is 45.2 Å². The number of aromatic amines is 1. The summed E-state index contributed by atoms with van der Waals surface area (Å²) in [5.41, 5.74) is 0.833. The van der Waals surface area contributed by atoms with Gasteiger partial charge in [-0.2, -0.15) is 0 Å². The van der Waals surface area contributed by atoms with E-state index in [0.717, 1.165) is 36.6 Å². The second kappa shape index (κ2) is 6.55. The van der Waals surface area contributed by atoms with Gasteiger partial charge in [0.05, 0.1) is 18.9 Å². The Morgan fingerprint density at radius 1 is 1.42 bits per heavy atom. The minimum Gasteiger partial charge on any atom is -0.385 e. The van der Waals surface area contributed by atoms with Crippen molar-refractivity contribution in [1.82, 2.24) is 20.2 Å². The van der Waals surface area contributed by atoms with Gasteiger partial charge in [-0.3, -0.25) is 9.69 Å². The standard InChI is InChI=1S/C17H26N4O3/c22-16-13-3-5-21(10-17(23)9-18-4-6-24-11-17)8-14(13)19-15(20-16)7-12-1-2-12/h12,18,23H,1-11H2,(H,19,20,22)/t17-/m0/s1. The fourth-order valence-corrected chi connectivity index (χ4v) is 3.67. The van der Waals surface area contributed by atoms with Crippen LogP contribution in [-0.4, -0.2) is 65.0 Å². The maximum atomic E-state index is 12.3. The van der Waals surface area contributed by atoms with Gasteiger partial charge in [0.15, 0.2) is 0 Å². The monoisotopic (exact) mass is 334 g/mol. The highest BCUT2D eigenvalue weighted by Gasteiger charge is 2.33. The van der Waals surface area contributed by atoms with Crippen LogP contribution in [0.3, 0.4) is 0 Å². The summed E-state index contributed by atoms with van der Waals surface area (Å²) in [6.07, 6.45) is 4.05. The van der Waals surface area contributed by atoms with Crippen molar-refractivity contribution in [2.75, 3.05) is 39.4 Å². The molecule has 2 fully saturated rings. The van der Waals surface area contributed by atoms with Crippen molar-refractivity contribution in [2.45, 2.75) is 37.8 Å². The van der Waals surface area contributed by atoms with Crippen LogP contribution in [-0.2, 0) is 24.1 Å². The fraction of sp³-hybridized carbons (Fsp3) is 0.765. The van der Waals surface area contributed by atoms with E-state index in [1.807, 2.05) is 0 Å². The fourth-order valence-electron chi connectivity index (χ4n) is 3.67. The van der Waals surface area contributed by atoms with E-state index in [2.05, 4.69) is 15.2 Å². The Bertz CT molecular complexity index is 648. The van der Waals surface area contributed by atoms with Crippen LogP contribution in [0, 0.1) is 5.92 Å². The molecule has 1 atom stereocenters. The average molecular weight is 334 g/mol. The zero-order chi connectivity index (χ0) is 16.6. The summed E-state index contributed by atoms with van der Waals surface area (Å²) in [4.78, 5) is 22.2. The van der Waals surface area contributed by atoms with Crippen LogP contribution in [0.4, 0.5) is 0 Å². The Morgan fingerprint density at radius 2 is 2.29 bits per heavy atom. The van der Waals surface area contributed by atoms with Crippen LogP contribution in [0.1, 0.15) is 29.9 Å². The first-order valence-electron chi connectivity index (χ1n) is 8.95. The normalized spacial score (nSPS) is 28.4. The minimum atomic E-state index is -0.883. The third-order valence-electron chi connectivity index (χ3n) is 5.15. The van der Waals surface area contributed by atoms with E-state index >= 15 is 0 Å². The largest absolute Gasteiger partial charge is 0.385 e. The third kappa shape index (κ3) is 3.69. The Hall–Kier alpha value is -1.28. The van der Waals surface area contributed by atoms with Crippen LogP contribution in [0.5, 0.6) is 0 Å². The first kappa shape index (κ1) is 16.2. The summed E-state index contributed by atoms with van der Waals surface area (Å²) >= 11 is 0. The number of nitrogens with zero attached hydrogens (tertiary/aromatic N) is 2. The summed E-state index contributed by atoms with van der Waals surface area (Å²) in [5, 5.41) is 14.0. The maximum absolute atomic E-state index is 12.3. The van der Waals surface area contributed by atoms with Crippen molar-refractivity contribution < 1.29 is 9.84 Å². The van der Waals surface area contributed by atoms with Gasteiger partial charge >= 0.3 is 0 Å². The Kier molecular flexibility index (Phi) is 4.42. The first-order chi connectivity index (χ1) is 11.6. The zero-order valence-electron chi connectivity index (χ0n) is 14.0. The van der Waals surface area contributed by atoms with E-state index in [4.69, 9.17) is 9.72 Å². The molecule has 0 unspecified atom stereocenters.